The maximum absolute atomic E-state index is 13.5. The van der Waals surface area contributed by atoms with Gasteiger partial charge in [0.2, 0.25) is 0 Å². The molecular weight excluding hydrogens is 341 g/mol. The van der Waals surface area contributed by atoms with E-state index in [1.807, 2.05) is 36.4 Å². The van der Waals surface area contributed by atoms with Gasteiger partial charge in [-0.2, -0.15) is 0 Å². The van der Waals surface area contributed by atoms with Gasteiger partial charge in [0.1, 0.15) is 17.5 Å². The minimum atomic E-state index is -0.292. The fraction of sp³-hybridized carbons (Fsp3) is 0.238. The fourth-order valence-corrected chi connectivity index (χ4v) is 2.64. The lowest BCUT2D eigenvalue weighted by Gasteiger charge is -2.13. The van der Waals surface area contributed by atoms with Crippen molar-refractivity contribution in [3.8, 4) is 11.4 Å². The highest BCUT2D eigenvalue weighted by Gasteiger charge is 2.08. The molecule has 5 nitrogen and oxygen atoms in total. The number of benzene rings is 2. The van der Waals surface area contributed by atoms with Crippen molar-refractivity contribution in [2.45, 2.75) is 6.42 Å². The van der Waals surface area contributed by atoms with Crippen molar-refractivity contribution in [2.24, 2.45) is 0 Å². The van der Waals surface area contributed by atoms with Crippen molar-refractivity contribution in [3.63, 3.8) is 0 Å². The van der Waals surface area contributed by atoms with Gasteiger partial charge >= 0.3 is 0 Å². The third kappa shape index (κ3) is 5.76. The molecule has 0 bridgehead atoms. The van der Waals surface area contributed by atoms with Crippen LogP contribution < -0.4 is 10.6 Å². The van der Waals surface area contributed by atoms with Crippen LogP contribution in [0.4, 0.5) is 21.7 Å². The summed E-state index contributed by atoms with van der Waals surface area (Å²) in [5.74, 6) is 1.68. The van der Waals surface area contributed by atoms with E-state index >= 15 is 0 Å². The summed E-state index contributed by atoms with van der Waals surface area (Å²) in [7, 11) is 4.11. The number of aromatic nitrogens is 2. The Morgan fingerprint density at radius 1 is 0.926 bits per heavy atom. The van der Waals surface area contributed by atoms with Gasteiger partial charge in [-0.1, -0.05) is 36.4 Å². The lowest BCUT2D eigenvalue weighted by molar-refractivity contribution is 0.405. The monoisotopic (exact) mass is 365 g/mol. The molecule has 0 unspecified atom stereocenters. The Kier molecular flexibility index (Phi) is 6.33. The highest BCUT2D eigenvalue weighted by molar-refractivity contribution is 5.65. The van der Waals surface area contributed by atoms with E-state index in [0.717, 1.165) is 30.9 Å². The molecule has 1 heterocycles. The Hall–Kier alpha value is -2.99. The van der Waals surface area contributed by atoms with E-state index in [-0.39, 0.29) is 5.82 Å². The molecule has 2 N–H and O–H groups in total. The van der Waals surface area contributed by atoms with Crippen molar-refractivity contribution in [1.29, 1.82) is 0 Å². The minimum Gasteiger partial charge on any atom is -0.370 e. The van der Waals surface area contributed by atoms with Gasteiger partial charge in [-0.3, -0.25) is 0 Å². The molecule has 3 aromatic rings. The summed E-state index contributed by atoms with van der Waals surface area (Å²) >= 11 is 0. The molecule has 0 aliphatic carbocycles. The molecule has 0 saturated heterocycles. The summed E-state index contributed by atoms with van der Waals surface area (Å²) < 4.78 is 13.5. The zero-order valence-corrected chi connectivity index (χ0v) is 15.6. The maximum atomic E-state index is 13.5. The topological polar surface area (TPSA) is 53.1 Å². The smallest absolute Gasteiger partial charge is 0.163 e. The van der Waals surface area contributed by atoms with Crippen LogP contribution in [0.25, 0.3) is 11.4 Å². The number of halogens is 1. The summed E-state index contributed by atoms with van der Waals surface area (Å²) in [4.78, 5) is 11.4. The first-order valence-electron chi connectivity index (χ1n) is 8.96. The van der Waals surface area contributed by atoms with E-state index in [4.69, 9.17) is 0 Å². The minimum absolute atomic E-state index is 0.292. The Morgan fingerprint density at radius 2 is 1.70 bits per heavy atom. The third-order valence-electron chi connectivity index (χ3n) is 3.94. The van der Waals surface area contributed by atoms with Gasteiger partial charge in [-0.15, -0.1) is 0 Å². The van der Waals surface area contributed by atoms with E-state index in [2.05, 4.69) is 39.6 Å². The Balaban J connectivity index is 1.83. The standard InChI is InChI=1S/C21H24FN5/c1-27(2)13-7-12-23-19-15-20(24-18-11-6-10-17(22)14-18)26-21(25-19)16-8-4-3-5-9-16/h3-6,8-11,14-15H,7,12-13H2,1-2H3,(H2,23,24,25,26). The van der Waals surface area contributed by atoms with Crippen LogP contribution in [0.3, 0.4) is 0 Å². The molecule has 0 aliphatic rings. The van der Waals surface area contributed by atoms with E-state index in [9.17, 15) is 4.39 Å². The average Bonchev–Trinajstić information content (AvgIpc) is 2.66. The lowest BCUT2D eigenvalue weighted by atomic mass is 10.2. The van der Waals surface area contributed by atoms with Gasteiger partial charge < -0.3 is 15.5 Å². The van der Waals surface area contributed by atoms with Crippen molar-refractivity contribution in [2.75, 3.05) is 37.8 Å². The van der Waals surface area contributed by atoms with Gasteiger partial charge in [0.05, 0.1) is 0 Å². The Labute approximate surface area is 159 Å². The summed E-state index contributed by atoms with van der Waals surface area (Å²) in [6.45, 7) is 1.81. The number of rotatable bonds is 8. The highest BCUT2D eigenvalue weighted by atomic mass is 19.1. The number of nitrogens with zero attached hydrogens (tertiary/aromatic N) is 3. The van der Waals surface area contributed by atoms with Crippen molar-refractivity contribution in [3.05, 3.63) is 66.5 Å². The number of hydrogen-bond donors (Lipinski definition) is 2. The van der Waals surface area contributed by atoms with Gasteiger partial charge in [-0.05, 0) is 45.3 Å². The van der Waals surface area contributed by atoms with E-state index in [0.29, 0.717) is 17.3 Å². The van der Waals surface area contributed by atoms with Gasteiger partial charge in [0.15, 0.2) is 5.82 Å². The van der Waals surface area contributed by atoms with Gasteiger partial charge in [0, 0.05) is 23.9 Å². The largest absolute Gasteiger partial charge is 0.370 e. The summed E-state index contributed by atoms with van der Waals surface area (Å²) in [6, 6.07) is 18.0. The molecule has 0 fully saturated rings. The maximum Gasteiger partial charge on any atom is 0.163 e. The molecule has 3 rings (SSSR count). The molecule has 27 heavy (non-hydrogen) atoms. The van der Waals surface area contributed by atoms with E-state index in [1.54, 1.807) is 12.1 Å². The number of hydrogen-bond acceptors (Lipinski definition) is 5. The van der Waals surface area contributed by atoms with Crippen LogP contribution in [0.2, 0.25) is 0 Å². The second-order valence-corrected chi connectivity index (χ2v) is 6.55. The predicted octanol–water partition coefficient (Wildman–Crippen LogP) is 4.39. The fourth-order valence-electron chi connectivity index (χ4n) is 2.64. The molecule has 0 radical (unpaired) electrons. The van der Waals surface area contributed by atoms with Crippen molar-refractivity contribution >= 4 is 17.3 Å². The van der Waals surface area contributed by atoms with Crippen LogP contribution in [0, 0.1) is 5.82 Å². The highest BCUT2D eigenvalue weighted by Crippen LogP contribution is 2.23. The zero-order valence-electron chi connectivity index (χ0n) is 15.6. The molecule has 0 amide bonds. The summed E-state index contributed by atoms with van der Waals surface area (Å²) in [5.41, 5.74) is 1.57. The number of anilines is 3. The predicted molar refractivity (Wildman–Crippen MR) is 109 cm³/mol. The van der Waals surface area contributed by atoms with Crippen LogP contribution in [0.15, 0.2) is 60.7 Å². The second kappa shape index (κ2) is 9.09. The van der Waals surface area contributed by atoms with E-state index < -0.39 is 0 Å². The average molecular weight is 365 g/mol. The van der Waals surface area contributed by atoms with Crippen molar-refractivity contribution < 1.29 is 4.39 Å². The molecule has 0 spiro atoms. The zero-order chi connectivity index (χ0) is 19.1. The van der Waals surface area contributed by atoms with Gasteiger partial charge in [-0.25, -0.2) is 14.4 Å². The first-order chi connectivity index (χ1) is 13.1. The molecule has 6 heteroatoms. The van der Waals surface area contributed by atoms with Gasteiger partial charge in [0.25, 0.3) is 0 Å². The lowest BCUT2D eigenvalue weighted by Crippen LogP contribution is -2.16. The Morgan fingerprint density at radius 3 is 2.44 bits per heavy atom. The Bertz CT molecular complexity index is 867. The van der Waals surface area contributed by atoms with Crippen LogP contribution in [-0.4, -0.2) is 42.1 Å². The van der Waals surface area contributed by atoms with E-state index in [1.165, 1.54) is 12.1 Å². The SMILES string of the molecule is CN(C)CCCNc1cc(Nc2cccc(F)c2)nc(-c2ccccc2)n1. The molecule has 0 atom stereocenters. The third-order valence-corrected chi connectivity index (χ3v) is 3.94. The summed E-state index contributed by atoms with van der Waals surface area (Å²) in [5, 5.41) is 6.52. The van der Waals surface area contributed by atoms with Crippen LogP contribution >= 0.6 is 0 Å². The van der Waals surface area contributed by atoms with Crippen LogP contribution in [0.1, 0.15) is 6.42 Å². The molecule has 140 valence electrons. The molecule has 1 aromatic heterocycles. The molecule has 0 saturated carbocycles. The quantitative estimate of drug-likeness (QED) is 0.580. The van der Waals surface area contributed by atoms with Crippen molar-refractivity contribution in [1.82, 2.24) is 14.9 Å². The van der Waals surface area contributed by atoms with Crippen LogP contribution in [-0.2, 0) is 0 Å². The van der Waals surface area contributed by atoms with Crippen LogP contribution in [0.5, 0.6) is 0 Å². The number of nitrogens with one attached hydrogen (secondary N) is 2. The first-order valence-corrected chi connectivity index (χ1v) is 8.96. The second-order valence-electron chi connectivity index (χ2n) is 6.55. The molecule has 2 aromatic carbocycles. The molecule has 0 aliphatic heterocycles. The molecular formula is C21H24FN5. The summed E-state index contributed by atoms with van der Waals surface area (Å²) in [6.07, 6.45) is 1.00. The first kappa shape index (κ1) is 18.8. The normalized spacial score (nSPS) is 10.8.